The lowest BCUT2D eigenvalue weighted by molar-refractivity contribution is -0.160. The predicted octanol–water partition coefficient (Wildman–Crippen LogP) is 1.08. The van der Waals surface area contributed by atoms with Gasteiger partial charge < -0.3 is 14.9 Å². The Kier molecular flexibility index (Phi) is 4.10. The van der Waals surface area contributed by atoms with Gasteiger partial charge in [0.25, 0.3) is 5.91 Å². The fourth-order valence-corrected chi connectivity index (χ4v) is 3.47. The number of carbonyl (C=O) groups excluding carboxylic acids is 2. The smallest absolute Gasteiger partial charge is 0.256 e. The maximum atomic E-state index is 13.3. The molecule has 2 heterocycles. The Morgan fingerprint density at radius 3 is 2.74 bits per heavy atom. The van der Waals surface area contributed by atoms with Gasteiger partial charge in [-0.15, -0.1) is 0 Å². The lowest BCUT2D eigenvalue weighted by Crippen LogP contribution is -2.59. The Morgan fingerprint density at radius 2 is 2.00 bits per heavy atom. The Morgan fingerprint density at radius 1 is 1.22 bits per heavy atom. The normalized spacial score (nSPS) is 24.3. The van der Waals surface area contributed by atoms with Crippen LogP contribution in [-0.2, 0) is 22.6 Å². The topological polar surface area (TPSA) is 60.9 Å². The molecule has 1 atom stereocenters. The highest BCUT2D eigenvalue weighted by Crippen LogP contribution is 2.27. The van der Waals surface area contributed by atoms with Crippen molar-refractivity contribution in [3.05, 3.63) is 35.1 Å². The first-order valence-electron chi connectivity index (χ1n) is 7.94. The summed E-state index contributed by atoms with van der Waals surface area (Å²) >= 11 is 0. The summed E-state index contributed by atoms with van der Waals surface area (Å²) < 4.78 is 13.3. The van der Waals surface area contributed by atoms with E-state index in [1.54, 1.807) is 11.0 Å². The van der Waals surface area contributed by atoms with E-state index in [4.69, 9.17) is 0 Å². The van der Waals surface area contributed by atoms with E-state index in [0.29, 0.717) is 38.9 Å². The summed E-state index contributed by atoms with van der Waals surface area (Å²) in [7, 11) is 0. The minimum Gasteiger partial charge on any atom is -0.378 e. The van der Waals surface area contributed by atoms with Crippen LogP contribution in [0.2, 0.25) is 0 Å². The third-order valence-electron chi connectivity index (χ3n) is 4.78. The van der Waals surface area contributed by atoms with E-state index in [1.165, 1.54) is 24.0 Å². The third kappa shape index (κ3) is 3.08. The third-order valence-corrected chi connectivity index (χ3v) is 4.78. The number of nitrogens with zero attached hydrogens (tertiary/aromatic N) is 2. The second-order valence-corrected chi connectivity index (χ2v) is 6.47. The van der Waals surface area contributed by atoms with Gasteiger partial charge in [-0.25, -0.2) is 4.39 Å². The van der Waals surface area contributed by atoms with E-state index in [2.05, 4.69) is 0 Å². The van der Waals surface area contributed by atoms with E-state index >= 15 is 0 Å². The maximum Gasteiger partial charge on any atom is 0.256 e. The fraction of sp³-hybridized carbons (Fsp3) is 0.529. The van der Waals surface area contributed by atoms with E-state index in [0.717, 1.165) is 11.1 Å². The van der Waals surface area contributed by atoms with Gasteiger partial charge in [-0.1, -0.05) is 6.07 Å². The number of piperidine rings is 1. The van der Waals surface area contributed by atoms with Gasteiger partial charge in [-0.3, -0.25) is 9.59 Å². The molecular formula is C17H21FN2O3. The van der Waals surface area contributed by atoms with Gasteiger partial charge in [0.2, 0.25) is 5.91 Å². The number of amides is 2. The van der Waals surface area contributed by atoms with Crippen LogP contribution in [0.1, 0.15) is 30.9 Å². The molecule has 0 saturated carbocycles. The van der Waals surface area contributed by atoms with Gasteiger partial charge in [0.05, 0.1) is 6.54 Å². The van der Waals surface area contributed by atoms with Crippen LogP contribution in [0, 0.1) is 5.82 Å². The first-order chi connectivity index (χ1) is 10.9. The zero-order valence-corrected chi connectivity index (χ0v) is 13.2. The van der Waals surface area contributed by atoms with Gasteiger partial charge >= 0.3 is 0 Å². The van der Waals surface area contributed by atoms with Crippen molar-refractivity contribution in [2.75, 3.05) is 19.6 Å². The number of halogens is 1. The molecule has 1 fully saturated rings. The Labute approximate surface area is 134 Å². The highest BCUT2D eigenvalue weighted by atomic mass is 19.1. The molecule has 23 heavy (non-hydrogen) atoms. The van der Waals surface area contributed by atoms with Gasteiger partial charge in [0.1, 0.15) is 5.82 Å². The molecule has 5 nitrogen and oxygen atoms in total. The van der Waals surface area contributed by atoms with Crippen LogP contribution >= 0.6 is 0 Å². The summed E-state index contributed by atoms with van der Waals surface area (Å²) in [6.45, 7) is 2.90. The summed E-state index contributed by atoms with van der Waals surface area (Å²) in [6, 6.07) is 4.58. The first-order valence-corrected chi connectivity index (χ1v) is 7.94. The standard InChI is InChI=1S/C17H21FN2O3/c1-12(21)20-7-2-6-17(23,11-20)16(22)19-8-5-13-9-15(18)4-3-14(13)10-19/h3-4,9,23H,2,5-8,10-11H2,1H3/t17-/m0/s1. The minimum absolute atomic E-state index is 0.0495. The average Bonchev–Trinajstić information content (AvgIpc) is 2.53. The molecule has 1 saturated heterocycles. The molecule has 2 aliphatic heterocycles. The molecule has 2 aliphatic rings. The quantitative estimate of drug-likeness (QED) is 0.842. The molecule has 2 amide bonds. The number of rotatable bonds is 1. The lowest BCUT2D eigenvalue weighted by Gasteiger charge is -2.41. The van der Waals surface area contributed by atoms with Crippen molar-refractivity contribution in [2.24, 2.45) is 0 Å². The van der Waals surface area contributed by atoms with Crippen molar-refractivity contribution in [2.45, 2.75) is 38.3 Å². The SMILES string of the molecule is CC(=O)N1CCC[C@@](O)(C(=O)N2CCc3cc(F)ccc3C2)C1. The van der Waals surface area contributed by atoms with Crippen LogP contribution < -0.4 is 0 Å². The van der Waals surface area contributed by atoms with Crippen molar-refractivity contribution in [3.63, 3.8) is 0 Å². The molecule has 1 N–H and O–H groups in total. The highest BCUT2D eigenvalue weighted by Gasteiger charge is 2.43. The molecule has 0 radical (unpaired) electrons. The first kappa shape index (κ1) is 15.9. The summed E-state index contributed by atoms with van der Waals surface area (Å²) in [6.07, 6.45) is 1.55. The monoisotopic (exact) mass is 320 g/mol. The van der Waals surface area contributed by atoms with Crippen molar-refractivity contribution in [1.82, 2.24) is 9.80 Å². The molecule has 3 rings (SSSR count). The summed E-state index contributed by atoms with van der Waals surface area (Å²) in [5.74, 6) is -0.736. The van der Waals surface area contributed by atoms with E-state index in [1.807, 2.05) is 0 Å². The van der Waals surface area contributed by atoms with E-state index in [-0.39, 0.29) is 24.2 Å². The van der Waals surface area contributed by atoms with Crippen LogP contribution in [0.25, 0.3) is 0 Å². The van der Waals surface area contributed by atoms with Gasteiger partial charge in [-0.2, -0.15) is 0 Å². The van der Waals surface area contributed by atoms with Crippen LogP contribution in [0.15, 0.2) is 18.2 Å². The van der Waals surface area contributed by atoms with Gasteiger partial charge in [0.15, 0.2) is 5.60 Å². The molecule has 0 spiro atoms. The maximum absolute atomic E-state index is 13.3. The second kappa shape index (κ2) is 5.92. The molecule has 6 heteroatoms. The van der Waals surface area contributed by atoms with Crippen LogP contribution in [0.4, 0.5) is 4.39 Å². The molecule has 1 aromatic carbocycles. The number of likely N-dealkylation sites (tertiary alicyclic amines) is 1. The van der Waals surface area contributed by atoms with Crippen LogP contribution in [0.3, 0.4) is 0 Å². The largest absolute Gasteiger partial charge is 0.378 e. The van der Waals surface area contributed by atoms with Crippen LogP contribution in [0.5, 0.6) is 0 Å². The summed E-state index contributed by atoms with van der Waals surface area (Å²) in [5, 5.41) is 10.8. The van der Waals surface area contributed by atoms with Gasteiger partial charge in [0, 0.05) is 26.6 Å². The van der Waals surface area contributed by atoms with E-state index < -0.39 is 5.60 Å². The van der Waals surface area contributed by atoms with E-state index in [9.17, 15) is 19.1 Å². The van der Waals surface area contributed by atoms with Crippen molar-refractivity contribution in [3.8, 4) is 0 Å². The molecule has 0 aliphatic carbocycles. The molecule has 0 bridgehead atoms. The number of carbonyl (C=O) groups is 2. The molecule has 0 unspecified atom stereocenters. The minimum atomic E-state index is -1.51. The number of fused-ring (bicyclic) bond motifs is 1. The van der Waals surface area contributed by atoms with Gasteiger partial charge in [-0.05, 0) is 42.5 Å². The van der Waals surface area contributed by atoms with Crippen molar-refractivity contribution < 1.29 is 19.1 Å². The molecule has 1 aromatic rings. The number of benzene rings is 1. The number of aliphatic hydroxyl groups is 1. The number of hydrogen-bond acceptors (Lipinski definition) is 3. The average molecular weight is 320 g/mol. The van der Waals surface area contributed by atoms with Crippen LogP contribution in [-0.4, -0.2) is 52.0 Å². The number of β-amino-alcohol motifs (C(OH)–C–C–N with tert-alkyl or cyclic N) is 1. The zero-order valence-electron chi connectivity index (χ0n) is 13.2. The lowest BCUT2D eigenvalue weighted by atomic mass is 9.89. The summed E-state index contributed by atoms with van der Waals surface area (Å²) in [4.78, 5) is 27.5. The molecule has 0 aromatic heterocycles. The Balaban J connectivity index is 1.75. The zero-order chi connectivity index (χ0) is 16.6. The Hall–Kier alpha value is -1.95. The molecule has 124 valence electrons. The number of hydrogen-bond donors (Lipinski definition) is 1. The predicted molar refractivity (Wildman–Crippen MR) is 82.0 cm³/mol. The Bertz CT molecular complexity index is 649. The second-order valence-electron chi connectivity index (χ2n) is 6.47. The fourth-order valence-electron chi connectivity index (χ4n) is 3.47. The van der Waals surface area contributed by atoms with Crippen molar-refractivity contribution in [1.29, 1.82) is 0 Å². The highest BCUT2D eigenvalue weighted by molar-refractivity contribution is 5.86. The summed E-state index contributed by atoms with van der Waals surface area (Å²) in [5.41, 5.74) is 0.311. The van der Waals surface area contributed by atoms with Crippen molar-refractivity contribution >= 4 is 11.8 Å². The molecular weight excluding hydrogens is 299 g/mol.